The van der Waals surface area contributed by atoms with Crippen LogP contribution in [0.25, 0.3) is 0 Å². The number of para-hydroxylation sites is 1. The van der Waals surface area contributed by atoms with E-state index >= 15 is 0 Å². The summed E-state index contributed by atoms with van der Waals surface area (Å²) in [6.45, 7) is 0. The van der Waals surface area contributed by atoms with E-state index in [1.807, 2.05) is 24.3 Å². The van der Waals surface area contributed by atoms with E-state index in [0.29, 0.717) is 10.2 Å². The zero-order valence-electron chi connectivity index (χ0n) is 7.67. The first-order valence-electron chi connectivity index (χ1n) is 4.31. The quantitative estimate of drug-likeness (QED) is 0.801. The van der Waals surface area contributed by atoms with Gasteiger partial charge in [0.15, 0.2) is 0 Å². The van der Waals surface area contributed by atoms with Gasteiger partial charge in [-0.1, -0.05) is 35.3 Å². The van der Waals surface area contributed by atoms with E-state index in [0.717, 1.165) is 11.4 Å². The van der Waals surface area contributed by atoms with Crippen molar-refractivity contribution in [3.8, 4) is 0 Å². The van der Waals surface area contributed by atoms with Gasteiger partial charge in [-0.05, 0) is 24.3 Å². The van der Waals surface area contributed by atoms with Crippen LogP contribution in [0.3, 0.4) is 0 Å². The van der Waals surface area contributed by atoms with Crippen LogP contribution in [0.1, 0.15) is 0 Å². The van der Waals surface area contributed by atoms with Crippen molar-refractivity contribution in [2.24, 2.45) is 0 Å². The Hall–Kier alpha value is -1.25. The molecule has 75 valence electrons. The van der Waals surface area contributed by atoms with Crippen molar-refractivity contribution in [3.05, 3.63) is 52.8 Å². The van der Waals surface area contributed by atoms with Gasteiger partial charge in [0.2, 0.25) is 0 Å². The van der Waals surface area contributed by atoms with E-state index in [-0.39, 0.29) is 0 Å². The zero-order valence-corrected chi connectivity index (χ0v) is 9.18. The molecule has 1 N–H and O–H groups in total. The van der Waals surface area contributed by atoms with Crippen molar-refractivity contribution in [1.29, 1.82) is 0 Å². The Kier molecular flexibility index (Phi) is 3.09. The standard InChI is InChI=1S/C11H7Cl2N2/c12-9-3-1-2-4-10(9)15-8-5-6-14-11(13)7-8/h1-5,7H,(H,14,15). The van der Waals surface area contributed by atoms with Crippen LogP contribution in [0.2, 0.25) is 10.2 Å². The number of halogens is 2. The van der Waals surface area contributed by atoms with Gasteiger partial charge in [0.25, 0.3) is 0 Å². The molecule has 0 spiro atoms. The molecule has 0 aliphatic rings. The lowest BCUT2D eigenvalue weighted by atomic mass is 10.3. The van der Waals surface area contributed by atoms with Gasteiger partial charge in [0, 0.05) is 5.69 Å². The highest BCUT2D eigenvalue weighted by Gasteiger charge is 1.99. The predicted molar refractivity (Wildman–Crippen MR) is 62.8 cm³/mol. The van der Waals surface area contributed by atoms with E-state index in [2.05, 4.69) is 16.5 Å². The Morgan fingerprint density at radius 3 is 2.73 bits per heavy atom. The Morgan fingerprint density at radius 1 is 1.20 bits per heavy atom. The molecule has 15 heavy (non-hydrogen) atoms. The Labute approximate surface area is 97.9 Å². The monoisotopic (exact) mass is 237 g/mol. The van der Waals surface area contributed by atoms with Gasteiger partial charge in [0.1, 0.15) is 5.15 Å². The summed E-state index contributed by atoms with van der Waals surface area (Å²) in [5, 5.41) is 4.18. The molecule has 0 atom stereocenters. The molecule has 1 aromatic carbocycles. The molecule has 0 fully saturated rings. The summed E-state index contributed by atoms with van der Waals surface area (Å²) >= 11 is 11.7. The molecule has 0 bridgehead atoms. The van der Waals surface area contributed by atoms with E-state index in [1.165, 1.54) is 0 Å². The molecule has 0 unspecified atom stereocenters. The second-order valence-electron chi connectivity index (χ2n) is 2.91. The van der Waals surface area contributed by atoms with Gasteiger partial charge < -0.3 is 5.32 Å². The normalized spacial score (nSPS) is 10.0. The lowest BCUT2D eigenvalue weighted by Crippen LogP contribution is -1.91. The Bertz CT molecular complexity index is 472. The first kappa shape index (κ1) is 10.3. The molecule has 1 heterocycles. The summed E-state index contributed by atoms with van der Waals surface area (Å²) in [5.74, 6) is 0. The molecule has 2 rings (SSSR count). The number of hydrogen-bond acceptors (Lipinski definition) is 2. The third-order valence-corrected chi connectivity index (χ3v) is 2.34. The van der Waals surface area contributed by atoms with Crippen LogP contribution in [-0.4, -0.2) is 4.98 Å². The van der Waals surface area contributed by atoms with E-state index in [1.54, 1.807) is 12.1 Å². The molecule has 2 aromatic rings. The van der Waals surface area contributed by atoms with E-state index in [9.17, 15) is 0 Å². The van der Waals surface area contributed by atoms with Crippen molar-refractivity contribution in [2.45, 2.75) is 0 Å². The fraction of sp³-hybridized carbons (Fsp3) is 0. The SMILES string of the molecule is Clc1cc(Nc2ccccc2Cl)c[c]n1. The zero-order chi connectivity index (χ0) is 10.7. The number of nitrogens with zero attached hydrogens (tertiary/aromatic N) is 1. The second kappa shape index (κ2) is 4.51. The minimum absolute atomic E-state index is 0.395. The predicted octanol–water partition coefficient (Wildman–Crippen LogP) is 3.93. The first-order valence-corrected chi connectivity index (χ1v) is 5.06. The fourth-order valence-electron chi connectivity index (χ4n) is 1.16. The van der Waals surface area contributed by atoms with Crippen LogP contribution in [0.5, 0.6) is 0 Å². The third kappa shape index (κ3) is 2.61. The maximum Gasteiger partial charge on any atom is 0.131 e. The number of aromatic nitrogens is 1. The highest BCUT2D eigenvalue weighted by molar-refractivity contribution is 6.33. The number of anilines is 2. The van der Waals surface area contributed by atoms with Crippen LogP contribution in [0, 0.1) is 6.20 Å². The number of pyridine rings is 1. The number of nitrogens with one attached hydrogen (secondary N) is 1. The minimum Gasteiger partial charge on any atom is -0.354 e. The summed E-state index contributed by atoms with van der Waals surface area (Å²) in [6, 6.07) is 10.9. The highest BCUT2D eigenvalue weighted by atomic mass is 35.5. The molecule has 2 nitrogen and oxygen atoms in total. The van der Waals surface area contributed by atoms with Crippen LogP contribution in [0.15, 0.2) is 36.4 Å². The molecule has 1 aromatic heterocycles. The molecule has 0 saturated carbocycles. The summed E-state index contributed by atoms with van der Waals surface area (Å²) in [4.78, 5) is 3.77. The van der Waals surface area contributed by atoms with Crippen LogP contribution in [-0.2, 0) is 0 Å². The minimum atomic E-state index is 0.395. The molecule has 0 aliphatic carbocycles. The molecule has 0 aliphatic heterocycles. The topological polar surface area (TPSA) is 24.9 Å². The average Bonchev–Trinajstić information content (AvgIpc) is 2.22. The first-order chi connectivity index (χ1) is 7.25. The summed E-state index contributed by atoms with van der Waals surface area (Å²) in [7, 11) is 0. The lowest BCUT2D eigenvalue weighted by Gasteiger charge is -2.07. The maximum atomic E-state index is 5.99. The van der Waals surface area contributed by atoms with E-state index in [4.69, 9.17) is 23.2 Å². The van der Waals surface area contributed by atoms with Crippen LogP contribution >= 0.6 is 23.2 Å². The molecule has 0 saturated heterocycles. The summed E-state index contributed by atoms with van der Waals surface area (Å²) < 4.78 is 0. The van der Waals surface area contributed by atoms with Gasteiger partial charge in [-0.3, -0.25) is 0 Å². The van der Waals surface area contributed by atoms with Gasteiger partial charge in [-0.15, -0.1) is 0 Å². The average molecular weight is 238 g/mol. The van der Waals surface area contributed by atoms with Gasteiger partial charge in [0.05, 0.1) is 16.9 Å². The molecular weight excluding hydrogens is 231 g/mol. The summed E-state index contributed by atoms with van der Waals surface area (Å²) in [5.41, 5.74) is 1.64. The number of benzene rings is 1. The van der Waals surface area contributed by atoms with Gasteiger partial charge in [-0.25, -0.2) is 4.98 Å². The van der Waals surface area contributed by atoms with E-state index < -0.39 is 0 Å². The van der Waals surface area contributed by atoms with Crippen molar-refractivity contribution in [2.75, 3.05) is 5.32 Å². The van der Waals surface area contributed by atoms with Crippen molar-refractivity contribution < 1.29 is 0 Å². The molecule has 1 radical (unpaired) electrons. The largest absolute Gasteiger partial charge is 0.354 e. The Balaban J connectivity index is 2.26. The number of rotatable bonds is 2. The lowest BCUT2D eigenvalue weighted by molar-refractivity contribution is 1.31. The fourth-order valence-corrected chi connectivity index (χ4v) is 1.51. The highest BCUT2D eigenvalue weighted by Crippen LogP contribution is 2.25. The van der Waals surface area contributed by atoms with Crippen molar-refractivity contribution >= 4 is 34.6 Å². The Morgan fingerprint density at radius 2 is 2.00 bits per heavy atom. The molecular formula is C11H7Cl2N2. The smallest absolute Gasteiger partial charge is 0.131 e. The van der Waals surface area contributed by atoms with Gasteiger partial charge in [-0.2, -0.15) is 0 Å². The second-order valence-corrected chi connectivity index (χ2v) is 3.71. The van der Waals surface area contributed by atoms with Crippen molar-refractivity contribution in [3.63, 3.8) is 0 Å². The molecule has 4 heteroatoms. The number of hydrogen-bond donors (Lipinski definition) is 1. The third-order valence-electron chi connectivity index (χ3n) is 1.82. The van der Waals surface area contributed by atoms with Crippen LogP contribution in [0.4, 0.5) is 11.4 Å². The van der Waals surface area contributed by atoms with Crippen LogP contribution < -0.4 is 5.32 Å². The van der Waals surface area contributed by atoms with Gasteiger partial charge >= 0.3 is 0 Å². The van der Waals surface area contributed by atoms with Crippen molar-refractivity contribution in [1.82, 2.24) is 4.98 Å². The molecule has 0 amide bonds. The summed E-state index contributed by atoms with van der Waals surface area (Å²) in [6.07, 6.45) is 2.68. The maximum absolute atomic E-state index is 5.99.